The summed E-state index contributed by atoms with van der Waals surface area (Å²) in [5.74, 6) is 0.0563. The second kappa shape index (κ2) is 6.73. The van der Waals surface area contributed by atoms with Crippen LogP contribution in [0.1, 0.15) is 29.8 Å². The zero-order valence-corrected chi connectivity index (χ0v) is 12.3. The molecule has 2 rings (SSSR count). The lowest BCUT2D eigenvalue weighted by atomic mass is 10.1. The van der Waals surface area contributed by atoms with Gasteiger partial charge >= 0.3 is 0 Å². The number of amides is 1. The van der Waals surface area contributed by atoms with E-state index >= 15 is 0 Å². The van der Waals surface area contributed by atoms with Gasteiger partial charge in [0.25, 0.3) is 0 Å². The maximum Gasteiger partial charge on any atom is 0.220 e. The SMILES string of the molecule is C[C@@H](NC(=O)CCc1cccs1)c1ccccc1Cl. The molecule has 1 atom stereocenters. The van der Waals surface area contributed by atoms with Gasteiger partial charge < -0.3 is 5.32 Å². The van der Waals surface area contributed by atoms with Crippen molar-refractivity contribution in [3.05, 3.63) is 57.2 Å². The summed E-state index contributed by atoms with van der Waals surface area (Å²) in [7, 11) is 0. The minimum Gasteiger partial charge on any atom is -0.350 e. The Balaban J connectivity index is 1.87. The molecule has 2 nitrogen and oxygen atoms in total. The number of thiophene rings is 1. The number of rotatable bonds is 5. The van der Waals surface area contributed by atoms with Crippen molar-refractivity contribution in [2.45, 2.75) is 25.8 Å². The zero-order valence-electron chi connectivity index (χ0n) is 10.7. The number of hydrogen-bond acceptors (Lipinski definition) is 2. The molecule has 0 bridgehead atoms. The van der Waals surface area contributed by atoms with Crippen LogP contribution in [-0.2, 0) is 11.2 Å². The molecular formula is C15H16ClNOS. The first kappa shape index (κ1) is 14.1. The highest BCUT2D eigenvalue weighted by Crippen LogP contribution is 2.22. The third kappa shape index (κ3) is 4.08. The van der Waals surface area contributed by atoms with Gasteiger partial charge in [-0.1, -0.05) is 35.9 Å². The molecule has 0 unspecified atom stereocenters. The van der Waals surface area contributed by atoms with Crippen molar-refractivity contribution in [1.29, 1.82) is 0 Å². The van der Waals surface area contributed by atoms with Gasteiger partial charge in [0, 0.05) is 16.3 Å². The van der Waals surface area contributed by atoms with Gasteiger partial charge in [-0.15, -0.1) is 11.3 Å². The van der Waals surface area contributed by atoms with E-state index < -0.39 is 0 Å². The summed E-state index contributed by atoms with van der Waals surface area (Å²) in [5.41, 5.74) is 0.952. The van der Waals surface area contributed by atoms with Crippen LogP contribution in [-0.4, -0.2) is 5.91 Å². The summed E-state index contributed by atoms with van der Waals surface area (Å²) in [6, 6.07) is 11.6. The molecule has 1 amide bonds. The fourth-order valence-electron chi connectivity index (χ4n) is 1.91. The van der Waals surface area contributed by atoms with Gasteiger partial charge in [-0.3, -0.25) is 4.79 Å². The van der Waals surface area contributed by atoms with E-state index in [1.807, 2.05) is 42.6 Å². The molecule has 0 saturated heterocycles. The van der Waals surface area contributed by atoms with E-state index in [0.717, 1.165) is 12.0 Å². The second-order valence-corrected chi connectivity index (χ2v) is 5.83. The standard InChI is InChI=1S/C15H16ClNOS/c1-11(13-6-2-3-7-14(13)16)17-15(18)9-8-12-5-4-10-19-12/h2-7,10-11H,8-9H2,1H3,(H,17,18)/t11-/m1/s1. The molecule has 0 aliphatic rings. The van der Waals surface area contributed by atoms with Crippen LogP contribution in [0.5, 0.6) is 0 Å². The van der Waals surface area contributed by atoms with Crippen LogP contribution < -0.4 is 5.32 Å². The molecule has 0 radical (unpaired) electrons. The predicted octanol–water partition coefficient (Wildman–Crippen LogP) is 4.21. The molecule has 0 saturated carbocycles. The van der Waals surface area contributed by atoms with E-state index in [1.165, 1.54) is 4.88 Å². The van der Waals surface area contributed by atoms with Gasteiger partial charge in [0.2, 0.25) is 5.91 Å². The summed E-state index contributed by atoms with van der Waals surface area (Å²) in [4.78, 5) is 13.1. The lowest BCUT2D eigenvalue weighted by Crippen LogP contribution is -2.26. The molecular weight excluding hydrogens is 278 g/mol. The van der Waals surface area contributed by atoms with Gasteiger partial charge in [-0.05, 0) is 36.4 Å². The molecule has 0 aliphatic heterocycles. The summed E-state index contributed by atoms with van der Waals surface area (Å²) >= 11 is 7.79. The van der Waals surface area contributed by atoms with Crippen molar-refractivity contribution < 1.29 is 4.79 Å². The Bertz CT molecular complexity index is 539. The van der Waals surface area contributed by atoms with Crippen LogP contribution in [0.15, 0.2) is 41.8 Å². The van der Waals surface area contributed by atoms with E-state index in [1.54, 1.807) is 11.3 Å². The Morgan fingerprint density at radius 2 is 2.11 bits per heavy atom. The fraction of sp³-hybridized carbons (Fsp3) is 0.267. The molecule has 1 aromatic heterocycles. The fourth-order valence-corrected chi connectivity index (χ4v) is 2.92. The zero-order chi connectivity index (χ0) is 13.7. The maximum absolute atomic E-state index is 11.9. The van der Waals surface area contributed by atoms with Gasteiger partial charge in [0.05, 0.1) is 6.04 Å². The number of carbonyl (C=O) groups excluding carboxylic acids is 1. The molecule has 0 fully saturated rings. The quantitative estimate of drug-likeness (QED) is 0.879. The van der Waals surface area contributed by atoms with Crippen LogP contribution in [0.25, 0.3) is 0 Å². The van der Waals surface area contributed by atoms with E-state index in [0.29, 0.717) is 11.4 Å². The number of nitrogens with one attached hydrogen (secondary N) is 1. The van der Waals surface area contributed by atoms with Crippen LogP contribution >= 0.6 is 22.9 Å². The van der Waals surface area contributed by atoms with Crippen molar-refractivity contribution in [3.8, 4) is 0 Å². The predicted molar refractivity (Wildman–Crippen MR) is 80.6 cm³/mol. The van der Waals surface area contributed by atoms with Gasteiger partial charge in [-0.25, -0.2) is 0 Å². The molecule has 2 aromatic rings. The van der Waals surface area contributed by atoms with E-state index in [2.05, 4.69) is 11.4 Å². The van der Waals surface area contributed by atoms with E-state index in [9.17, 15) is 4.79 Å². The third-order valence-electron chi connectivity index (χ3n) is 2.93. The van der Waals surface area contributed by atoms with Crippen molar-refractivity contribution in [1.82, 2.24) is 5.32 Å². The average molecular weight is 294 g/mol. The molecule has 4 heteroatoms. The van der Waals surface area contributed by atoms with Crippen LogP contribution in [0.3, 0.4) is 0 Å². The third-order valence-corrected chi connectivity index (χ3v) is 4.21. The molecule has 19 heavy (non-hydrogen) atoms. The minimum absolute atomic E-state index is 0.0563. The highest BCUT2D eigenvalue weighted by atomic mass is 35.5. The lowest BCUT2D eigenvalue weighted by molar-refractivity contribution is -0.121. The lowest BCUT2D eigenvalue weighted by Gasteiger charge is -2.15. The largest absolute Gasteiger partial charge is 0.350 e. The number of halogens is 1. The normalized spacial score (nSPS) is 12.1. The molecule has 1 N–H and O–H groups in total. The Labute approximate surface area is 122 Å². The topological polar surface area (TPSA) is 29.1 Å². The average Bonchev–Trinajstić information content (AvgIpc) is 2.90. The number of carbonyl (C=O) groups is 1. The monoisotopic (exact) mass is 293 g/mol. The van der Waals surface area contributed by atoms with Crippen molar-refractivity contribution in [3.63, 3.8) is 0 Å². The number of hydrogen-bond donors (Lipinski definition) is 1. The molecule has 0 spiro atoms. The first-order valence-electron chi connectivity index (χ1n) is 6.23. The van der Waals surface area contributed by atoms with Gasteiger partial charge in [0.1, 0.15) is 0 Å². The number of aryl methyl sites for hydroxylation is 1. The first-order chi connectivity index (χ1) is 9.16. The van der Waals surface area contributed by atoms with Crippen molar-refractivity contribution in [2.24, 2.45) is 0 Å². The Morgan fingerprint density at radius 1 is 1.32 bits per heavy atom. The van der Waals surface area contributed by atoms with Crippen LogP contribution in [0, 0.1) is 0 Å². The molecule has 1 aromatic carbocycles. The Kier molecular flexibility index (Phi) is 5.00. The van der Waals surface area contributed by atoms with Crippen molar-refractivity contribution >= 4 is 28.8 Å². The Morgan fingerprint density at radius 3 is 2.79 bits per heavy atom. The summed E-state index contributed by atoms with van der Waals surface area (Å²) in [6.45, 7) is 1.95. The van der Waals surface area contributed by atoms with Crippen LogP contribution in [0.2, 0.25) is 5.02 Å². The first-order valence-corrected chi connectivity index (χ1v) is 7.49. The maximum atomic E-state index is 11.9. The molecule has 1 heterocycles. The summed E-state index contributed by atoms with van der Waals surface area (Å²) < 4.78 is 0. The smallest absolute Gasteiger partial charge is 0.220 e. The van der Waals surface area contributed by atoms with Gasteiger partial charge in [-0.2, -0.15) is 0 Å². The highest BCUT2D eigenvalue weighted by Gasteiger charge is 2.12. The molecule has 0 aliphatic carbocycles. The molecule has 100 valence electrons. The van der Waals surface area contributed by atoms with E-state index in [-0.39, 0.29) is 11.9 Å². The van der Waals surface area contributed by atoms with Crippen LogP contribution in [0.4, 0.5) is 0 Å². The summed E-state index contributed by atoms with van der Waals surface area (Å²) in [6.07, 6.45) is 1.30. The summed E-state index contributed by atoms with van der Waals surface area (Å²) in [5, 5.41) is 5.70. The minimum atomic E-state index is -0.0652. The second-order valence-electron chi connectivity index (χ2n) is 4.39. The number of benzene rings is 1. The van der Waals surface area contributed by atoms with E-state index in [4.69, 9.17) is 11.6 Å². The van der Waals surface area contributed by atoms with Crippen molar-refractivity contribution in [2.75, 3.05) is 0 Å². The highest BCUT2D eigenvalue weighted by molar-refractivity contribution is 7.09. The Hall–Kier alpha value is -1.32. The van der Waals surface area contributed by atoms with Gasteiger partial charge in [0.15, 0.2) is 0 Å².